The summed E-state index contributed by atoms with van der Waals surface area (Å²) in [6.07, 6.45) is 8.04. The number of allylic oxidation sites excluding steroid dienone is 1. The first kappa shape index (κ1) is 27.0. The summed E-state index contributed by atoms with van der Waals surface area (Å²) in [4.78, 5) is 48.4. The number of hydrogen-bond acceptors (Lipinski definition) is 4. The van der Waals surface area contributed by atoms with Crippen LogP contribution in [0.4, 0.5) is 10.5 Å². The van der Waals surface area contributed by atoms with Crippen LogP contribution in [-0.2, 0) is 11.2 Å². The number of rotatable bonds is 7. The average Bonchev–Trinajstić information content (AvgIpc) is 3.54. The number of benzene rings is 3. The SMILES string of the molecule is COc1cccc([C@H]2c3[nH]c4ccccc4c3C[C@H]3C(=O)N(c4ccccc4C(=O)NCCC4=CCCCC4)C(=O)N23)c1. The van der Waals surface area contributed by atoms with E-state index in [0.717, 1.165) is 47.0 Å². The molecule has 3 aromatic carbocycles. The number of aromatic amines is 1. The van der Waals surface area contributed by atoms with Crippen molar-refractivity contribution in [2.24, 2.45) is 0 Å². The number of nitrogens with one attached hydrogen (secondary N) is 2. The Morgan fingerprint density at radius 1 is 1.02 bits per heavy atom. The highest BCUT2D eigenvalue weighted by molar-refractivity contribution is 6.24. The van der Waals surface area contributed by atoms with Gasteiger partial charge in [-0.2, -0.15) is 0 Å². The molecule has 0 spiro atoms. The van der Waals surface area contributed by atoms with Gasteiger partial charge in [-0.25, -0.2) is 9.69 Å². The average molecular weight is 575 g/mol. The van der Waals surface area contributed by atoms with Gasteiger partial charge in [-0.3, -0.25) is 14.5 Å². The minimum absolute atomic E-state index is 0.293. The van der Waals surface area contributed by atoms with Gasteiger partial charge in [0.1, 0.15) is 17.8 Å². The van der Waals surface area contributed by atoms with Crippen LogP contribution < -0.4 is 15.0 Å². The van der Waals surface area contributed by atoms with Crippen molar-refractivity contribution in [1.82, 2.24) is 15.2 Å². The monoisotopic (exact) mass is 574 g/mol. The molecule has 0 unspecified atom stereocenters. The Bertz CT molecular complexity index is 1770. The summed E-state index contributed by atoms with van der Waals surface area (Å²) in [5.74, 6) is 0.0394. The second-order valence-electron chi connectivity index (χ2n) is 11.5. The molecule has 1 saturated heterocycles. The highest BCUT2D eigenvalue weighted by Crippen LogP contribution is 2.45. The summed E-state index contributed by atoms with van der Waals surface area (Å²) in [5.41, 5.74) is 5.70. The number of ether oxygens (including phenoxy) is 1. The maximum atomic E-state index is 14.4. The molecule has 0 radical (unpaired) electrons. The molecule has 2 aliphatic heterocycles. The summed E-state index contributed by atoms with van der Waals surface area (Å²) >= 11 is 0. The number of amides is 4. The predicted molar refractivity (Wildman–Crippen MR) is 165 cm³/mol. The van der Waals surface area contributed by atoms with E-state index in [2.05, 4.69) is 16.4 Å². The zero-order valence-electron chi connectivity index (χ0n) is 24.1. The van der Waals surface area contributed by atoms with Gasteiger partial charge in [0, 0.05) is 29.6 Å². The second kappa shape index (κ2) is 11.1. The Balaban J connectivity index is 1.25. The lowest BCUT2D eigenvalue weighted by Crippen LogP contribution is -2.44. The fourth-order valence-corrected chi connectivity index (χ4v) is 6.88. The number of carbonyl (C=O) groups is 3. The molecule has 1 aliphatic carbocycles. The Labute approximate surface area is 250 Å². The van der Waals surface area contributed by atoms with Crippen LogP contribution in [0, 0.1) is 0 Å². The van der Waals surface area contributed by atoms with Gasteiger partial charge in [-0.15, -0.1) is 0 Å². The number of H-pyrrole nitrogens is 1. The van der Waals surface area contributed by atoms with Crippen molar-refractivity contribution < 1.29 is 19.1 Å². The van der Waals surface area contributed by atoms with Crippen LogP contribution in [0.1, 0.15) is 65.3 Å². The lowest BCUT2D eigenvalue weighted by atomic mass is 9.89. The van der Waals surface area contributed by atoms with Crippen molar-refractivity contribution in [3.05, 3.63) is 107 Å². The van der Waals surface area contributed by atoms with Gasteiger partial charge in [0.2, 0.25) is 0 Å². The number of nitrogens with zero attached hydrogens (tertiary/aromatic N) is 2. The van der Waals surface area contributed by atoms with E-state index in [0.29, 0.717) is 30.0 Å². The van der Waals surface area contributed by atoms with Gasteiger partial charge in [0.15, 0.2) is 0 Å². The van der Waals surface area contributed by atoms with Crippen LogP contribution in [0.2, 0.25) is 0 Å². The lowest BCUT2D eigenvalue weighted by molar-refractivity contribution is -0.120. The summed E-state index contributed by atoms with van der Waals surface area (Å²) < 4.78 is 5.52. The van der Waals surface area contributed by atoms with Gasteiger partial charge in [0.05, 0.1) is 18.4 Å². The zero-order chi connectivity index (χ0) is 29.5. The number of urea groups is 1. The van der Waals surface area contributed by atoms with Crippen molar-refractivity contribution in [3.8, 4) is 5.75 Å². The van der Waals surface area contributed by atoms with E-state index in [4.69, 9.17) is 4.74 Å². The summed E-state index contributed by atoms with van der Waals surface area (Å²) in [5, 5.41) is 4.06. The van der Waals surface area contributed by atoms with E-state index in [-0.39, 0.29) is 11.8 Å². The predicted octanol–water partition coefficient (Wildman–Crippen LogP) is 6.28. The topological polar surface area (TPSA) is 94.7 Å². The molecule has 1 aromatic heterocycles. The van der Waals surface area contributed by atoms with Gasteiger partial charge >= 0.3 is 6.03 Å². The van der Waals surface area contributed by atoms with E-state index in [1.54, 1.807) is 36.3 Å². The largest absolute Gasteiger partial charge is 0.497 e. The zero-order valence-corrected chi connectivity index (χ0v) is 24.1. The highest BCUT2D eigenvalue weighted by Gasteiger charge is 2.53. The Morgan fingerprint density at radius 2 is 1.86 bits per heavy atom. The van der Waals surface area contributed by atoms with Crippen molar-refractivity contribution in [1.29, 1.82) is 0 Å². The van der Waals surface area contributed by atoms with Crippen molar-refractivity contribution >= 4 is 34.4 Å². The minimum atomic E-state index is -0.718. The van der Waals surface area contributed by atoms with Gasteiger partial charge in [0.25, 0.3) is 11.8 Å². The number of carbonyl (C=O) groups excluding carboxylic acids is 3. The van der Waals surface area contributed by atoms with Crippen molar-refractivity contribution in [2.45, 2.75) is 50.6 Å². The summed E-state index contributed by atoms with van der Waals surface area (Å²) in [6, 6.07) is 20.8. The van der Waals surface area contributed by atoms with Crippen LogP contribution in [0.3, 0.4) is 0 Å². The van der Waals surface area contributed by atoms with E-state index in [1.165, 1.54) is 23.3 Å². The van der Waals surface area contributed by atoms with E-state index >= 15 is 0 Å². The van der Waals surface area contributed by atoms with Gasteiger partial charge < -0.3 is 15.0 Å². The van der Waals surface area contributed by atoms with E-state index < -0.39 is 18.1 Å². The molecule has 2 N–H and O–H groups in total. The summed E-state index contributed by atoms with van der Waals surface area (Å²) in [7, 11) is 1.61. The first-order valence-electron chi connectivity index (χ1n) is 15.0. The molecule has 1 fully saturated rings. The number of hydrogen-bond donors (Lipinski definition) is 2. The molecular formula is C35H34N4O4. The third kappa shape index (κ3) is 4.67. The summed E-state index contributed by atoms with van der Waals surface area (Å²) in [6.45, 7) is 0.509. The number of fused-ring (bicyclic) bond motifs is 4. The van der Waals surface area contributed by atoms with Crippen LogP contribution in [0.15, 0.2) is 84.4 Å². The molecule has 0 saturated carbocycles. The number of methoxy groups -OCH3 is 1. The standard InChI is InChI=1S/C35H34N4O4/c1-43-24-13-9-12-23(20-24)32-31-27(25-14-5-7-16-28(25)37-31)21-30-34(41)39(35(42)38(30)32)29-17-8-6-15-26(29)33(40)36-19-18-22-10-3-2-4-11-22/h5-10,12-17,20,30,32,37H,2-4,11,18-19,21H2,1H3,(H,36,40)/t30-,32-/m0/s1. The van der Waals surface area contributed by atoms with Crippen molar-refractivity contribution in [3.63, 3.8) is 0 Å². The maximum Gasteiger partial charge on any atom is 0.332 e. The van der Waals surface area contributed by atoms with E-state index in [9.17, 15) is 14.4 Å². The molecule has 43 heavy (non-hydrogen) atoms. The molecular weight excluding hydrogens is 540 g/mol. The first-order chi connectivity index (χ1) is 21.0. The van der Waals surface area contributed by atoms with Crippen LogP contribution >= 0.6 is 0 Å². The smallest absolute Gasteiger partial charge is 0.332 e. The fraction of sp³-hybridized carbons (Fsp3) is 0.286. The maximum absolute atomic E-state index is 14.4. The lowest BCUT2D eigenvalue weighted by Gasteiger charge is -2.36. The number of aromatic nitrogens is 1. The highest BCUT2D eigenvalue weighted by atomic mass is 16.5. The first-order valence-corrected chi connectivity index (χ1v) is 15.0. The Kier molecular flexibility index (Phi) is 6.97. The molecule has 218 valence electrons. The van der Waals surface area contributed by atoms with E-state index in [1.807, 2.05) is 48.5 Å². The molecule has 2 atom stereocenters. The molecule has 8 nitrogen and oxygen atoms in total. The van der Waals surface area contributed by atoms with Gasteiger partial charge in [-0.05, 0) is 73.6 Å². The van der Waals surface area contributed by atoms with Crippen molar-refractivity contribution in [2.75, 3.05) is 18.6 Å². The Morgan fingerprint density at radius 3 is 2.70 bits per heavy atom. The number of anilines is 1. The molecule has 4 aromatic rings. The molecule has 8 heteroatoms. The quantitative estimate of drug-likeness (QED) is 0.201. The molecule has 7 rings (SSSR count). The number of para-hydroxylation sites is 2. The molecule has 3 aliphatic rings. The number of imide groups is 1. The normalized spacial score (nSPS) is 19.7. The van der Waals surface area contributed by atoms with Crippen LogP contribution in [0.25, 0.3) is 10.9 Å². The van der Waals surface area contributed by atoms with Crippen LogP contribution in [-0.4, -0.2) is 47.4 Å². The second-order valence-corrected chi connectivity index (χ2v) is 11.5. The molecule has 4 amide bonds. The third-order valence-electron chi connectivity index (χ3n) is 8.96. The third-order valence-corrected chi connectivity index (χ3v) is 8.96. The molecule has 3 heterocycles. The van der Waals surface area contributed by atoms with Gasteiger partial charge in [-0.1, -0.05) is 54.1 Å². The Hall–Kier alpha value is -4.85. The van der Waals surface area contributed by atoms with Crippen LogP contribution in [0.5, 0.6) is 5.75 Å². The molecule has 0 bridgehead atoms. The fourth-order valence-electron chi connectivity index (χ4n) is 6.88. The minimum Gasteiger partial charge on any atom is -0.497 e.